The van der Waals surface area contributed by atoms with Crippen LogP contribution in [0.15, 0.2) is 24.3 Å². The third-order valence-corrected chi connectivity index (χ3v) is 2.59. The second-order valence-electron chi connectivity index (χ2n) is 3.82. The van der Waals surface area contributed by atoms with Gasteiger partial charge in [0, 0.05) is 12.1 Å². The Hall–Kier alpha value is -1.35. The van der Waals surface area contributed by atoms with Gasteiger partial charge in [0.2, 0.25) is 0 Å². The van der Waals surface area contributed by atoms with Crippen LogP contribution in [0.4, 0.5) is 0 Å². The van der Waals surface area contributed by atoms with Crippen molar-refractivity contribution in [1.82, 2.24) is 5.32 Å². The number of aliphatic hydroxyl groups is 1. The molecule has 0 saturated carbocycles. The Morgan fingerprint density at radius 3 is 2.44 bits per heavy atom. The van der Waals surface area contributed by atoms with Crippen LogP contribution in [-0.4, -0.2) is 23.7 Å². The van der Waals surface area contributed by atoms with E-state index in [4.69, 9.17) is 0 Å². The van der Waals surface area contributed by atoms with Crippen molar-refractivity contribution in [1.29, 1.82) is 0 Å². The van der Waals surface area contributed by atoms with Crippen molar-refractivity contribution in [3.63, 3.8) is 0 Å². The Kier molecular flexibility index (Phi) is 4.99. The van der Waals surface area contributed by atoms with E-state index in [1.54, 1.807) is 0 Å². The summed E-state index contributed by atoms with van der Waals surface area (Å²) in [6, 6.07) is 7.52. The smallest absolute Gasteiger partial charge is 0.251 e. The second kappa shape index (κ2) is 6.28. The van der Waals surface area contributed by atoms with Crippen LogP contribution in [0.5, 0.6) is 0 Å². The van der Waals surface area contributed by atoms with Gasteiger partial charge in [-0.25, -0.2) is 0 Å². The predicted octanol–water partition coefficient (Wildman–Crippen LogP) is 1.75. The molecule has 0 spiro atoms. The SMILES string of the molecule is CCc1ccc(C(=O)NCC(O)CC)cc1. The molecule has 1 aromatic rings. The molecule has 1 aromatic carbocycles. The van der Waals surface area contributed by atoms with Gasteiger partial charge in [0.05, 0.1) is 6.10 Å². The molecule has 1 unspecified atom stereocenters. The highest BCUT2D eigenvalue weighted by atomic mass is 16.3. The van der Waals surface area contributed by atoms with Gasteiger partial charge in [-0.2, -0.15) is 0 Å². The fourth-order valence-electron chi connectivity index (χ4n) is 1.35. The summed E-state index contributed by atoms with van der Waals surface area (Å²) < 4.78 is 0. The molecule has 88 valence electrons. The number of amides is 1. The molecule has 0 heterocycles. The number of nitrogens with one attached hydrogen (secondary N) is 1. The molecule has 2 N–H and O–H groups in total. The second-order valence-corrected chi connectivity index (χ2v) is 3.82. The Balaban J connectivity index is 2.52. The summed E-state index contributed by atoms with van der Waals surface area (Å²) in [4.78, 5) is 11.6. The van der Waals surface area contributed by atoms with Crippen molar-refractivity contribution in [3.05, 3.63) is 35.4 Å². The van der Waals surface area contributed by atoms with E-state index in [9.17, 15) is 9.90 Å². The van der Waals surface area contributed by atoms with Crippen molar-refractivity contribution >= 4 is 5.91 Å². The number of carbonyl (C=O) groups excluding carboxylic acids is 1. The lowest BCUT2D eigenvalue weighted by Crippen LogP contribution is -2.31. The molecule has 1 atom stereocenters. The average Bonchev–Trinajstić information content (AvgIpc) is 2.35. The number of hydrogen-bond donors (Lipinski definition) is 2. The van der Waals surface area contributed by atoms with Gasteiger partial charge in [-0.1, -0.05) is 26.0 Å². The molecule has 0 aliphatic heterocycles. The zero-order valence-electron chi connectivity index (χ0n) is 9.86. The van der Waals surface area contributed by atoms with Crippen molar-refractivity contribution in [2.45, 2.75) is 32.8 Å². The summed E-state index contributed by atoms with van der Waals surface area (Å²) in [6.07, 6.45) is 1.16. The number of benzene rings is 1. The Morgan fingerprint density at radius 2 is 1.94 bits per heavy atom. The molecule has 1 rings (SSSR count). The number of aryl methyl sites for hydroxylation is 1. The molecule has 0 radical (unpaired) electrons. The number of aliphatic hydroxyl groups excluding tert-OH is 1. The molecule has 16 heavy (non-hydrogen) atoms. The van der Waals surface area contributed by atoms with Gasteiger partial charge in [-0.3, -0.25) is 4.79 Å². The molecular formula is C13H19NO2. The monoisotopic (exact) mass is 221 g/mol. The van der Waals surface area contributed by atoms with Crippen LogP contribution >= 0.6 is 0 Å². The topological polar surface area (TPSA) is 49.3 Å². The minimum atomic E-state index is -0.459. The van der Waals surface area contributed by atoms with E-state index in [-0.39, 0.29) is 5.91 Å². The lowest BCUT2D eigenvalue weighted by molar-refractivity contribution is 0.0914. The number of hydrogen-bond acceptors (Lipinski definition) is 2. The molecule has 0 aromatic heterocycles. The molecule has 0 aliphatic rings. The van der Waals surface area contributed by atoms with Crippen molar-refractivity contribution in [2.24, 2.45) is 0 Å². The Bertz CT molecular complexity index is 332. The molecule has 1 amide bonds. The van der Waals surface area contributed by atoms with E-state index in [0.29, 0.717) is 18.5 Å². The summed E-state index contributed by atoms with van der Waals surface area (Å²) in [7, 11) is 0. The average molecular weight is 221 g/mol. The Labute approximate surface area is 96.5 Å². The van der Waals surface area contributed by atoms with Gasteiger partial charge in [0.1, 0.15) is 0 Å². The van der Waals surface area contributed by atoms with Gasteiger partial charge in [-0.05, 0) is 30.5 Å². The minimum absolute atomic E-state index is 0.129. The van der Waals surface area contributed by atoms with Gasteiger partial charge in [0.25, 0.3) is 5.91 Å². The Morgan fingerprint density at radius 1 is 1.31 bits per heavy atom. The normalized spacial score (nSPS) is 12.2. The summed E-state index contributed by atoms with van der Waals surface area (Å²) in [6.45, 7) is 4.27. The maximum atomic E-state index is 11.6. The summed E-state index contributed by atoms with van der Waals surface area (Å²) >= 11 is 0. The van der Waals surface area contributed by atoms with Crippen LogP contribution in [-0.2, 0) is 6.42 Å². The molecule has 3 heteroatoms. The van der Waals surface area contributed by atoms with E-state index in [1.165, 1.54) is 5.56 Å². The predicted molar refractivity (Wildman–Crippen MR) is 64.5 cm³/mol. The largest absolute Gasteiger partial charge is 0.391 e. The third-order valence-electron chi connectivity index (χ3n) is 2.59. The molecule has 0 aliphatic carbocycles. The first-order chi connectivity index (χ1) is 7.67. The van der Waals surface area contributed by atoms with Crippen LogP contribution in [0.2, 0.25) is 0 Å². The van der Waals surface area contributed by atoms with Crippen LogP contribution in [0.3, 0.4) is 0 Å². The van der Waals surface area contributed by atoms with Crippen LogP contribution in [0.1, 0.15) is 36.2 Å². The van der Waals surface area contributed by atoms with Gasteiger partial charge >= 0.3 is 0 Å². The fraction of sp³-hybridized carbons (Fsp3) is 0.462. The molecule has 0 saturated heterocycles. The van der Waals surface area contributed by atoms with Crippen molar-refractivity contribution < 1.29 is 9.90 Å². The molecule has 0 fully saturated rings. The highest BCUT2D eigenvalue weighted by Gasteiger charge is 2.07. The maximum Gasteiger partial charge on any atom is 0.251 e. The third kappa shape index (κ3) is 3.66. The van der Waals surface area contributed by atoms with Crippen LogP contribution < -0.4 is 5.32 Å². The highest BCUT2D eigenvalue weighted by Crippen LogP contribution is 2.04. The van der Waals surface area contributed by atoms with E-state index in [2.05, 4.69) is 12.2 Å². The summed E-state index contributed by atoms with van der Waals surface area (Å²) in [5, 5.41) is 12.0. The van der Waals surface area contributed by atoms with Gasteiger partial charge < -0.3 is 10.4 Å². The highest BCUT2D eigenvalue weighted by molar-refractivity contribution is 5.94. The summed E-state index contributed by atoms with van der Waals surface area (Å²) in [5.41, 5.74) is 1.85. The standard InChI is InChI=1S/C13H19NO2/c1-3-10-5-7-11(8-6-10)13(16)14-9-12(15)4-2/h5-8,12,15H,3-4,9H2,1-2H3,(H,14,16). The van der Waals surface area contributed by atoms with E-state index >= 15 is 0 Å². The summed E-state index contributed by atoms with van der Waals surface area (Å²) in [5.74, 6) is -0.129. The van der Waals surface area contributed by atoms with Crippen molar-refractivity contribution in [2.75, 3.05) is 6.54 Å². The van der Waals surface area contributed by atoms with Gasteiger partial charge in [-0.15, -0.1) is 0 Å². The zero-order chi connectivity index (χ0) is 12.0. The first-order valence-corrected chi connectivity index (χ1v) is 5.72. The first-order valence-electron chi connectivity index (χ1n) is 5.72. The maximum absolute atomic E-state index is 11.6. The van der Waals surface area contributed by atoms with E-state index < -0.39 is 6.10 Å². The zero-order valence-corrected chi connectivity index (χ0v) is 9.86. The van der Waals surface area contributed by atoms with E-state index in [0.717, 1.165) is 6.42 Å². The van der Waals surface area contributed by atoms with Gasteiger partial charge in [0.15, 0.2) is 0 Å². The molecular weight excluding hydrogens is 202 g/mol. The quantitative estimate of drug-likeness (QED) is 0.795. The fourth-order valence-corrected chi connectivity index (χ4v) is 1.35. The minimum Gasteiger partial charge on any atom is -0.391 e. The van der Waals surface area contributed by atoms with Crippen molar-refractivity contribution in [3.8, 4) is 0 Å². The van der Waals surface area contributed by atoms with Crippen LogP contribution in [0.25, 0.3) is 0 Å². The lowest BCUT2D eigenvalue weighted by atomic mass is 10.1. The molecule has 3 nitrogen and oxygen atoms in total. The number of carbonyl (C=O) groups is 1. The van der Waals surface area contributed by atoms with E-state index in [1.807, 2.05) is 31.2 Å². The molecule has 0 bridgehead atoms. The number of rotatable bonds is 5. The first kappa shape index (κ1) is 12.7. The van der Waals surface area contributed by atoms with Crippen LogP contribution in [0, 0.1) is 0 Å². The lowest BCUT2D eigenvalue weighted by Gasteiger charge is -2.09.